The fourth-order valence-corrected chi connectivity index (χ4v) is 5.93. The normalized spacial score (nSPS) is 29.8. The summed E-state index contributed by atoms with van der Waals surface area (Å²) in [6.45, 7) is 8.32. The number of allylic oxidation sites excluding steroid dienone is 2. The molecular formula is C22H30N2O4S. The number of fused-ring (bicyclic) bond motifs is 1. The van der Waals surface area contributed by atoms with Crippen molar-refractivity contribution in [3.63, 3.8) is 0 Å². The highest BCUT2D eigenvalue weighted by Gasteiger charge is 2.43. The molecule has 29 heavy (non-hydrogen) atoms. The minimum Gasteiger partial charge on any atom is -0.491 e. The summed E-state index contributed by atoms with van der Waals surface area (Å²) in [5, 5.41) is -0.591. The Labute approximate surface area is 173 Å². The number of rotatable bonds is 4. The summed E-state index contributed by atoms with van der Waals surface area (Å²) in [6, 6.07) is 3.97. The zero-order chi connectivity index (χ0) is 20.6. The van der Waals surface area contributed by atoms with Crippen LogP contribution in [-0.4, -0.2) is 54.9 Å². The van der Waals surface area contributed by atoms with Crippen LogP contribution in [0.3, 0.4) is 0 Å². The second kappa shape index (κ2) is 8.11. The van der Waals surface area contributed by atoms with Gasteiger partial charge in [-0.2, -0.15) is 0 Å². The maximum Gasteiger partial charge on any atom is 0.205 e. The van der Waals surface area contributed by atoms with Crippen molar-refractivity contribution in [1.29, 1.82) is 0 Å². The quantitative estimate of drug-likeness (QED) is 0.747. The molecule has 0 N–H and O–H groups in total. The Morgan fingerprint density at radius 1 is 1.28 bits per heavy atom. The molecule has 3 atom stereocenters. The van der Waals surface area contributed by atoms with Gasteiger partial charge in [0.25, 0.3) is 0 Å². The van der Waals surface area contributed by atoms with E-state index in [1.807, 2.05) is 12.2 Å². The molecule has 1 aliphatic carbocycles. The second-order valence-corrected chi connectivity index (χ2v) is 10.7. The molecule has 2 aliphatic heterocycles. The highest BCUT2D eigenvalue weighted by Crippen LogP contribution is 2.37. The minimum atomic E-state index is -3.49. The van der Waals surface area contributed by atoms with Crippen molar-refractivity contribution in [2.45, 2.75) is 68.6 Å². The molecule has 3 heterocycles. The van der Waals surface area contributed by atoms with Crippen LogP contribution < -0.4 is 4.74 Å². The summed E-state index contributed by atoms with van der Waals surface area (Å²) in [7, 11) is -3.49. The summed E-state index contributed by atoms with van der Waals surface area (Å²) in [4.78, 5) is 6.51. The van der Waals surface area contributed by atoms with E-state index < -0.39 is 21.2 Å². The average Bonchev–Trinajstić information content (AvgIpc) is 2.72. The first-order valence-corrected chi connectivity index (χ1v) is 12.1. The van der Waals surface area contributed by atoms with E-state index in [0.717, 1.165) is 31.7 Å². The van der Waals surface area contributed by atoms with E-state index in [2.05, 4.69) is 29.8 Å². The molecule has 0 radical (unpaired) electrons. The maximum absolute atomic E-state index is 12.8. The Balaban J connectivity index is 1.39. The highest BCUT2D eigenvalue weighted by molar-refractivity contribution is 7.92. The molecule has 3 aliphatic rings. The number of piperidine rings is 1. The Hall–Kier alpha value is -1.86. The summed E-state index contributed by atoms with van der Waals surface area (Å²) in [5.74, 6) is 1.23. The van der Waals surface area contributed by atoms with Gasteiger partial charge >= 0.3 is 0 Å². The number of aromatic nitrogens is 1. The molecule has 7 heteroatoms. The molecule has 0 spiro atoms. The molecule has 1 aromatic rings. The predicted octanol–water partition coefficient (Wildman–Crippen LogP) is 3.35. The lowest BCUT2D eigenvalue weighted by atomic mass is 9.92. The van der Waals surface area contributed by atoms with Crippen LogP contribution in [0.15, 0.2) is 47.3 Å². The summed E-state index contributed by atoms with van der Waals surface area (Å²) in [5.41, 5.74) is 0. The van der Waals surface area contributed by atoms with Gasteiger partial charge in [-0.15, -0.1) is 0 Å². The lowest BCUT2D eigenvalue weighted by Gasteiger charge is -2.36. The van der Waals surface area contributed by atoms with E-state index in [4.69, 9.17) is 9.47 Å². The number of likely N-dealkylation sites (tertiary alicyclic amines) is 1. The smallest absolute Gasteiger partial charge is 0.205 e. The van der Waals surface area contributed by atoms with Crippen molar-refractivity contribution in [3.8, 4) is 5.75 Å². The van der Waals surface area contributed by atoms with Crippen LogP contribution in [0.25, 0.3) is 0 Å². The van der Waals surface area contributed by atoms with Crippen LogP contribution in [0.2, 0.25) is 0 Å². The first-order valence-electron chi connectivity index (χ1n) is 10.5. The van der Waals surface area contributed by atoms with Crippen LogP contribution in [0.4, 0.5) is 0 Å². The molecule has 0 amide bonds. The Morgan fingerprint density at radius 2 is 2.03 bits per heavy atom. The summed E-state index contributed by atoms with van der Waals surface area (Å²) >= 11 is 0. The summed E-state index contributed by atoms with van der Waals surface area (Å²) in [6.07, 6.45) is 10.2. The first kappa shape index (κ1) is 20.4. The number of hydrogen-bond donors (Lipinski definition) is 0. The van der Waals surface area contributed by atoms with Crippen molar-refractivity contribution in [2.24, 2.45) is 5.92 Å². The van der Waals surface area contributed by atoms with E-state index >= 15 is 0 Å². The van der Waals surface area contributed by atoms with E-state index in [-0.39, 0.29) is 17.0 Å². The Kier molecular flexibility index (Phi) is 5.71. The highest BCUT2D eigenvalue weighted by atomic mass is 32.2. The van der Waals surface area contributed by atoms with Crippen molar-refractivity contribution in [1.82, 2.24) is 9.88 Å². The zero-order valence-electron chi connectivity index (χ0n) is 17.3. The average molecular weight is 419 g/mol. The van der Waals surface area contributed by atoms with Gasteiger partial charge in [-0.05, 0) is 64.3 Å². The van der Waals surface area contributed by atoms with Gasteiger partial charge < -0.3 is 14.4 Å². The Bertz CT molecular complexity index is 901. The van der Waals surface area contributed by atoms with Gasteiger partial charge in [0, 0.05) is 31.2 Å². The van der Waals surface area contributed by atoms with E-state index in [1.54, 1.807) is 19.1 Å². The molecule has 0 bridgehead atoms. The monoisotopic (exact) mass is 418 g/mol. The van der Waals surface area contributed by atoms with Gasteiger partial charge in [0.1, 0.15) is 23.2 Å². The van der Waals surface area contributed by atoms with Crippen molar-refractivity contribution >= 4 is 9.84 Å². The third kappa shape index (κ3) is 4.08. The summed E-state index contributed by atoms with van der Waals surface area (Å²) < 4.78 is 38.0. The number of hydrogen-bond acceptors (Lipinski definition) is 6. The van der Waals surface area contributed by atoms with Crippen molar-refractivity contribution in [2.75, 3.05) is 13.1 Å². The SMILES string of the molecule is CC(C)N1CCC(OC2=CCC([C@@H]3Oc4cccnc4S(=O)(=O)[C@H]3C)C=C2)CC1. The van der Waals surface area contributed by atoms with Crippen molar-refractivity contribution in [3.05, 3.63) is 42.3 Å². The predicted molar refractivity (Wildman–Crippen MR) is 111 cm³/mol. The molecule has 0 aromatic carbocycles. The first-order chi connectivity index (χ1) is 13.9. The fourth-order valence-electron chi connectivity index (χ4n) is 4.36. The molecule has 4 rings (SSSR count). The maximum atomic E-state index is 12.8. The van der Waals surface area contributed by atoms with Gasteiger partial charge in [-0.25, -0.2) is 13.4 Å². The number of ether oxygens (including phenoxy) is 2. The number of pyridine rings is 1. The van der Waals surface area contributed by atoms with Crippen molar-refractivity contribution < 1.29 is 17.9 Å². The van der Waals surface area contributed by atoms with E-state index in [0.29, 0.717) is 18.2 Å². The van der Waals surface area contributed by atoms with Crippen LogP contribution in [0, 0.1) is 5.92 Å². The van der Waals surface area contributed by atoms with E-state index in [9.17, 15) is 8.42 Å². The second-order valence-electron chi connectivity index (χ2n) is 8.45. The number of sulfone groups is 1. The topological polar surface area (TPSA) is 68.7 Å². The van der Waals surface area contributed by atoms with Gasteiger partial charge in [-0.3, -0.25) is 0 Å². The molecule has 1 unspecified atom stereocenters. The molecule has 158 valence electrons. The molecule has 1 fully saturated rings. The molecule has 1 aromatic heterocycles. The van der Waals surface area contributed by atoms with Gasteiger partial charge in [0.15, 0.2) is 10.8 Å². The van der Waals surface area contributed by atoms with Gasteiger partial charge in [-0.1, -0.05) is 6.08 Å². The minimum absolute atomic E-state index is 0.0109. The van der Waals surface area contributed by atoms with Crippen LogP contribution in [0.1, 0.15) is 40.0 Å². The number of nitrogens with zero attached hydrogens (tertiary/aromatic N) is 2. The largest absolute Gasteiger partial charge is 0.491 e. The molecule has 0 saturated carbocycles. The lowest BCUT2D eigenvalue weighted by molar-refractivity contribution is 0.0438. The molecular weight excluding hydrogens is 388 g/mol. The van der Waals surface area contributed by atoms with Gasteiger partial charge in [0.05, 0.1) is 0 Å². The Morgan fingerprint density at radius 3 is 2.69 bits per heavy atom. The molecule has 6 nitrogen and oxygen atoms in total. The standard InChI is InChI=1S/C22H30N2O4S/c1-15(2)24-13-10-19(11-14-24)27-18-8-6-17(7-9-18)21-16(3)29(25,26)22-20(28-21)5-4-12-23-22/h4-6,8-9,12,15-17,19,21H,7,10-11,13-14H2,1-3H3/t16-,17?,21+/m0/s1. The van der Waals surface area contributed by atoms with Crippen LogP contribution >= 0.6 is 0 Å². The van der Waals surface area contributed by atoms with Crippen LogP contribution in [-0.2, 0) is 14.6 Å². The third-order valence-corrected chi connectivity index (χ3v) is 8.34. The zero-order valence-corrected chi connectivity index (χ0v) is 18.1. The lowest BCUT2D eigenvalue weighted by Crippen LogP contribution is -2.45. The van der Waals surface area contributed by atoms with Gasteiger partial charge in [0.2, 0.25) is 9.84 Å². The molecule has 1 saturated heterocycles. The third-order valence-electron chi connectivity index (χ3n) is 6.25. The van der Waals surface area contributed by atoms with Crippen LogP contribution in [0.5, 0.6) is 5.75 Å². The fraction of sp³-hybridized carbons (Fsp3) is 0.591. The van der Waals surface area contributed by atoms with E-state index in [1.165, 1.54) is 6.20 Å².